The van der Waals surface area contributed by atoms with Gasteiger partial charge in [0.2, 0.25) is 12.7 Å². The molecule has 11 heteroatoms. The van der Waals surface area contributed by atoms with Crippen molar-refractivity contribution in [2.45, 2.75) is 25.2 Å². The quantitative estimate of drug-likeness (QED) is 0.490. The molecule has 0 saturated carbocycles. The van der Waals surface area contributed by atoms with Gasteiger partial charge in [0.05, 0.1) is 0 Å². The number of benzene rings is 2. The van der Waals surface area contributed by atoms with Gasteiger partial charge in [-0.15, -0.1) is 10.2 Å². The molecule has 3 amide bonds. The number of carbonyl (C=O) groups excluding carboxylic acids is 2. The smallest absolute Gasteiger partial charge is 0.325 e. The molecular weight excluding hydrogens is 436 g/mol. The monoisotopic (exact) mass is 456 g/mol. The summed E-state index contributed by atoms with van der Waals surface area (Å²) >= 11 is 1.22. The number of nitrogens with zero attached hydrogens (tertiary/aromatic N) is 2. The molecule has 10 nitrogen and oxygen atoms in total. The minimum Gasteiger partial charge on any atom is -0.484 e. The van der Waals surface area contributed by atoms with Crippen molar-refractivity contribution >= 4 is 29.4 Å². The molecule has 0 saturated heterocycles. The lowest BCUT2D eigenvalue weighted by molar-refractivity contribution is -0.119. The van der Waals surface area contributed by atoms with Crippen LogP contribution >= 0.6 is 11.8 Å². The van der Waals surface area contributed by atoms with Gasteiger partial charge >= 0.3 is 6.03 Å². The van der Waals surface area contributed by atoms with Crippen molar-refractivity contribution in [2.75, 3.05) is 17.9 Å². The third-order valence-corrected chi connectivity index (χ3v) is 5.06. The van der Waals surface area contributed by atoms with Gasteiger partial charge in [-0.2, -0.15) is 0 Å². The van der Waals surface area contributed by atoms with E-state index >= 15 is 0 Å². The predicted molar refractivity (Wildman–Crippen MR) is 115 cm³/mol. The van der Waals surface area contributed by atoms with E-state index in [-0.39, 0.29) is 19.8 Å². The number of urea groups is 1. The van der Waals surface area contributed by atoms with Crippen LogP contribution in [0.3, 0.4) is 0 Å². The zero-order valence-corrected chi connectivity index (χ0v) is 17.9. The van der Waals surface area contributed by atoms with Crippen molar-refractivity contribution in [3.8, 4) is 17.2 Å². The maximum absolute atomic E-state index is 12.0. The Morgan fingerprint density at radius 3 is 2.88 bits per heavy atom. The molecule has 1 aromatic heterocycles. The van der Waals surface area contributed by atoms with Gasteiger partial charge in [-0.3, -0.25) is 10.1 Å². The molecule has 0 spiro atoms. The molecule has 0 radical (unpaired) electrons. The topological polar surface area (TPSA) is 125 Å². The van der Waals surface area contributed by atoms with Gasteiger partial charge in [0.25, 0.3) is 11.1 Å². The van der Waals surface area contributed by atoms with E-state index in [0.29, 0.717) is 39.8 Å². The number of thioether (sulfide) groups is 1. The highest BCUT2D eigenvalue weighted by molar-refractivity contribution is 7.99. The van der Waals surface area contributed by atoms with Crippen molar-refractivity contribution in [1.82, 2.24) is 15.5 Å². The molecule has 2 aromatic carbocycles. The summed E-state index contributed by atoms with van der Waals surface area (Å²) in [5, 5.41) is 13.0. The summed E-state index contributed by atoms with van der Waals surface area (Å²) in [6.45, 7) is 2.27. The Labute approximate surface area is 187 Å². The van der Waals surface area contributed by atoms with Crippen molar-refractivity contribution in [2.24, 2.45) is 0 Å². The largest absolute Gasteiger partial charge is 0.484 e. The maximum Gasteiger partial charge on any atom is 0.325 e. The molecule has 0 unspecified atom stereocenters. The van der Waals surface area contributed by atoms with Crippen LogP contribution in [0.2, 0.25) is 0 Å². The van der Waals surface area contributed by atoms with E-state index in [0.717, 1.165) is 5.56 Å². The standard InChI is InChI=1S/C21H20N4O6S/c1-13-3-2-4-15(9-13)28-11-19-24-25-21(31-19)32-8-7-18(26)23-20(27)22-14-5-6-16-17(10-14)30-12-29-16/h2-6,9-10H,7-8,11-12H2,1H3,(H2,22,23,26,27). The Hall–Kier alpha value is -3.73. The summed E-state index contributed by atoms with van der Waals surface area (Å²) in [5.41, 5.74) is 1.58. The predicted octanol–water partition coefficient (Wildman–Crippen LogP) is 3.52. The van der Waals surface area contributed by atoms with E-state index in [2.05, 4.69) is 20.8 Å². The van der Waals surface area contributed by atoms with Gasteiger partial charge in [0.1, 0.15) is 5.75 Å². The Kier molecular flexibility index (Phi) is 6.75. The van der Waals surface area contributed by atoms with Crippen molar-refractivity contribution in [1.29, 1.82) is 0 Å². The molecule has 4 rings (SSSR count). The third-order valence-electron chi connectivity index (χ3n) is 4.24. The van der Waals surface area contributed by atoms with E-state index in [9.17, 15) is 9.59 Å². The Bertz CT molecular complexity index is 1120. The second-order valence-corrected chi connectivity index (χ2v) is 7.78. The first kappa shape index (κ1) is 21.5. The average molecular weight is 456 g/mol. The number of amides is 3. The van der Waals surface area contributed by atoms with Crippen LogP contribution in [0, 0.1) is 6.92 Å². The number of nitrogens with one attached hydrogen (secondary N) is 2. The van der Waals surface area contributed by atoms with Crippen LogP contribution in [0.5, 0.6) is 17.2 Å². The highest BCUT2D eigenvalue weighted by Gasteiger charge is 2.15. The summed E-state index contributed by atoms with van der Waals surface area (Å²) < 4.78 is 21.6. The summed E-state index contributed by atoms with van der Waals surface area (Å²) in [5.74, 6) is 2.13. The zero-order valence-electron chi connectivity index (χ0n) is 17.1. The molecule has 166 valence electrons. The SMILES string of the molecule is Cc1cccc(OCc2nnc(SCCC(=O)NC(=O)Nc3ccc4c(c3)OCO4)o2)c1. The van der Waals surface area contributed by atoms with E-state index in [4.69, 9.17) is 18.6 Å². The van der Waals surface area contributed by atoms with E-state index < -0.39 is 11.9 Å². The van der Waals surface area contributed by atoms with Gasteiger partial charge < -0.3 is 23.9 Å². The molecular formula is C21H20N4O6S. The van der Waals surface area contributed by atoms with Crippen molar-refractivity contribution in [3.05, 3.63) is 53.9 Å². The maximum atomic E-state index is 12.0. The highest BCUT2D eigenvalue weighted by atomic mass is 32.2. The molecule has 1 aliphatic rings. The number of hydrogen-bond acceptors (Lipinski definition) is 9. The lowest BCUT2D eigenvalue weighted by Crippen LogP contribution is -2.34. The number of rotatable bonds is 8. The molecule has 2 N–H and O–H groups in total. The Balaban J connectivity index is 1.16. The lowest BCUT2D eigenvalue weighted by Gasteiger charge is -2.07. The van der Waals surface area contributed by atoms with E-state index in [1.165, 1.54) is 11.8 Å². The minimum atomic E-state index is -0.632. The number of imide groups is 1. The van der Waals surface area contributed by atoms with Crippen LogP contribution < -0.4 is 24.8 Å². The third kappa shape index (κ3) is 5.91. The summed E-state index contributed by atoms with van der Waals surface area (Å²) in [7, 11) is 0. The summed E-state index contributed by atoms with van der Waals surface area (Å²) in [6, 6.07) is 12.0. The molecule has 1 aliphatic heterocycles. The number of aryl methyl sites for hydroxylation is 1. The highest BCUT2D eigenvalue weighted by Crippen LogP contribution is 2.34. The van der Waals surface area contributed by atoms with Crippen LogP contribution in [-0.4, -0.2) is 34.7 Å². The second-order valence-electron chi connectivity index (χ2n) is 6.74. The van der Waals surface area contributed by atoms with Gasteiger partial charge in [-0.05, 0) is 36.8 Å². The van der Waals surface area contributed by atoms with Crippen molar-refractivity contribution in [3.63, 3.8) is 0 Å². The fraction of sp³-hybridized carbons (Fsp3) is 0.238. The number of aromatic nitrogens is 2. The first-order chi connectivity index (χ1) is 15.5. The van der Waals surface area contributed by atoms with Crippen molar-refractivity contribution < 1.29 is 28.2 Å². The minimum absolute atomic E-state index is 0.0940. The molecule has 0 aliphatic carbocycles. The summed E-state index contributed by atoms with van der Waals surface area (Å²) in [6.07, 6.45) is 0.0940. The fourth-order valence-corrected chi connectivity index (χ4v) is 3.48. The lowest BCUT2D eigenvalue weighted by atomic mass is 10.2. The molecule has 0 atom stereocenters. The number of anilines is 1. The molecule has 2 heterocycles. The van der Waals surface area contributed by atoms with Gasteiger partial charge in [0.15, 0.2) is 18.1 Å². The zero-order chi connectivity index (χ0) is 22.3. The fourth-order valence-electron chi connectivity index (χ4n) is 2.76. The van der Waals surface area contributed by atoms with Gasteiger partial charge in [0, 0.05) is 23.9 Å². The van der Waals surface area contributed by atoms with Gasteiger partial charge in [-0.1, -0.05) is 23.9 Å². The van der Waals surface area contributed by atoms with Crippen LogP contribution in [0.4, 0.5) is 10.5 Å². The van der Waals surface area contributed by atoms with E-state index in [1.54, 1.807) is 18.2 Å². The Morgan fingerprint density at radius 2 is 2.00 bits per heavy atom. The number of fused-ring (bicyclic) bond motifs is 1. The number of carbonyl (C=O) groups is 2. The average Bonchev–Trinajstić information content (AvgIpc) is 3.41. The van der Waals surface area contributed by atoms with Crippen LogP contribution in [0.15, 0.2) is 52.1 Å². The van der Waals surface area contributed by atoms with Crippen LogP contribution in [0.1, 0.15) is 17.9 Å². The number of ether oxygens (including phenoxy) is 3. The van der Waals surface area contributed by atoms with Gasteiger partial charge in [-0.25, -0.2) is 4.79 Å². The molecule has 0 fully saturated rings. The normalized spacial score (nSPS) is 11.8. The second kappa shape index (κ2) is 10.1. The first-order valence-corrected chi connectivity index (χ1v) is 10.7. The molecule has 32 heavy (non-hydrogen) atoms. The number of hydrogen-bond donors (Lipinski definition) is 2. The Morgan fingerprint density at radius 1 is 1.12 bits per heavy atom. The van der Waals surface area contributed by atoms with Crippen LogP contribution in [-0.2, 0) is 11.4 Å². The molecule has 3 aromatic rings. The first-order valence-electron chi connectivity index (χ1n) is 9.70. The van der Waals surface area contributed by atoms with E-state index in [1.807, 2.05) is 31.2 Å². The van der Waals surface area contributed by atoms with Crippen LogP contribution in [0.25, 0.3) is 0 Å². The summed E-state index contributed by atoms with van der Waals surface area (Å²) in [4.78, 5) is 24.0. The molecule has 0 bridgehead atoms.